The molecule has 4 aromatic heterocycles. The number of ether oxygens (including phenoxy) is 1. The Morgan fingerprint density at radius 2 is 1.95 bits per heavy atom. The van der Waals surface area contributed by atoms with Crippen LogP contribution in [0.25, 0.3) is 16.6 Å². The molecule has 0 saturated carbocycles. The van der Waals surface area contributed by atoms with Crippen molar-refractivity contribution in [2.24, 2.45) is 0 Å². The maximum absolute atomic E-state index is 13.5. The molecule has 6 rings (SSSR count). The summed E-state index contributed by atoms with van der Waals surface area (Å²) in [5.74, 6) is 0.552. The predicted octanol–water partition coefficient (Wildman–Crippen LogP) is 4.72. The number of fused-ring (bicyclic) bond motifs is 2. The topological polar surface area (TPSA) is 89.6 Å². The number of aromatic nitrogens is 5. The lowest BCUT2D eigenvalue weighted by Gasteiger charge is -2.29. The molecule has 9 heteroatoms. The fraction of sp³-hybridized carbons (Fsp3) is 0.333. The zero-order chi connectivity index (χ0) is 26.9. The van der Waals surface area contributed by atoms with Crippen molar-refractivity contribution >= 4 is 28.1 Å². The number of benzene rings is 1. The van der Waals surface area contributed by atoms with E-state index in [0.717, 1.165) is 71.8 Å². The quantitative estimate of drug-likeness (QED) is 0.332. The number of nitrogens with zero attached hydrogens (tertiary/aromatic N) is 6. The standard InChI is InChI=1S/C30H33N7O2/c1-4-24-29-25(9-6-10-26(29)37(34-24)19-21-8-5-7-20(2)32-21)33-30(38)27-18-31-28-17-23(13-16-36(27)28)39-22-11-14-35(3)15-12-22/h5-10,13,16-18,22H,4,11-12,14-15,19H2,1-3H3,(H,33,38). The molecule has 200 valence electrons. The van der Waals surface area contributed by atoms with Crippen LogP contribution >= 0.6 is 0 Å². The van der Waals surface area contributed by atoms with E-state index < -0.39 is 0 Å². The van der Waals surface area contributed by atoms with Gasteiger partial charge >= 0.3 is 0 Å². The summed E-state index contributed by atoms with van der Waals surface area (Å²) in [4.78, 5) is 24.9. The highest BCUT2D eigenvalue weighted by molar-refractivity contribution is 6.08. The summed E-state index contributed by atoms with van der Waals surface area (Å²) in [5, 5.41) is 8.93. The second-order valence-electron chi connectivity index (χ2n) is 10.2. The van der Waals surface area contributed by atoms with Gasteiger partial charge in [0.1, 0.15) is 23.2 Å². The first kappa shape index (κ1) is 25.1. The number of rotatable bonds is 7. The number of piperidine rings is 1. The van der Waals surface area contributed by atoms with E-state index in [1.54, 1.807) is 10.6 Å². The van der Waals surface area contributed by atoms with Crippen LogP contribution in [0.1, 0.15) is 47.3 Å². The summed E-state index contributed by atoms with van der Waals surface area (Å²) < 4.78 is 9.97. The highest BCUT2D eigenvalue weighted by atomic mass is 16.5. The van der Waals surface area contributed by atoms with Gasteiger partial charge in [-0.05, 0) is 63.6 Å². The number of imidazole rings is 1. The SMILES string of the molecule is CCc1nn(Cc2cccc(C)n2)c2cccc(NC(=O)c3cnc4cc(OC5CCN(C)CC5)ccn34)c12. The van der Waals surface area contributed by atoms with Crippen molar-refractivity contribution in [3.8, 4) is 5.75 Å². The fourth-order valence-corrected chi connectivity index (χ4v) is 5.31. The molecule has 0 bridgehead atoms. The third-order valence-corrected chi connectivity index (χ3v) is 7.38. The van der Waals surface area contributed by atoms with Gasteiger partial charge in [0.15, 0.2) is 0 Å². The molecule has 5 aromatic rings. The zero-order valence-electron chi connectivity index (χ0n) is 22.6. The van der Waals surface area contributed by atoms with Crippen LogP contribution in [0, 0.1) is 6.92 Å². The molecule has 1 N–H and O–H groups in total. The lowest BCUT2D eigenvalue weighted by atomic mass is 10.1. The van der Waals surface area contributed by atoms with Crippen LogP contribution in [0.2, 0.25) is 0 Å². The van der Waals surface area contributed by atoms with Crippen molar-refractivity contribution < 1.29 is 9.53 Å². The molecule has 0 atom stereocenters. The smallest absolute Gasteiger partial charge is 0.274 e. The van der Waals surface area contributed by atoms with Crippen molar-refractivity contribution in [1.82, 2.24) is 29.0 Å². The van der Waals surface area contributed by atoms with Gasteiger partial charge in [-0.2, -0.15) is 5.10 Å². The Morgan fingerprint density at radius 1 is 1.13 bits per heavy atom. The third kappa shape index (κ3) is 5.09. The van der Waals surface area contributed by atoms with Gasteiger partial charge in [-0.3, -0.25) is 18.9 Å². The summed E-state index contributed by atoms with van der Waals surface area (Å²) in [7, 11) is 2.14. The Labute approximate surface area is 227 Å². The molecule has 9 nitrogen and oxygen atoms in total. The van der Waals surface area contributed by atoms with Crippen LogP contribution in [-0.2, 0) is 13.0 Å². The molecule has 1 aliphatic rings. The Morgan fingerprint density at radius 3 is 2.74 bits per heavy atom. The number of amides is 1. The summed E-state index contributed by atoms with van der Waals surface area (Å²) >= 11 is 0. The van der Waals surface area contributed by atoms with Gasteiger partial charge in [0.25, 0.3) is 5.91 Å². The molecule has 0 radical (unpaired) electrons. The van der Waals surface area contributed by atoms with Crippen LogP contribution in [0.3, 0.4) is 0 Å². The van der Waals surface area contributed by atoms with Gasteiger partial charge in [-0.15, -0.1) is 0 Å². The van der Waals surface area contributed by atoms with E-state index in [1.807, 2.05) is 66.3 Å². The monoisotopic (exact) mass is 523 g/mol. The molecular weight excluding hydrogens is 490 g/mol. The maximum Gasteiger partial charge on any atom is 0.274 e. The molecule has 0 unspecified atom stereocenters. The molecule has 1 aliphatic heterocycles. The molecule has 5 heterocycles. The first-order valence-corrected chi connectivity index (χ1v) is 13.5. The Bertz CT molecular complexity index is 1650. The average molecular weight is 524 g/mol. The van der Waals surface area contributed by atoms with Crippen molar-refractivity contribution in [1.29, 1.82) is 0 Å². The van der Waals surface area contributed by atoms with Gasteiger partial charge in [-0.25, -0.2) is 4.98 Å². The molecule has 1 aromatic carbocycles. The molecule has 39 heavy (non-hydrogen) atoms. The number of anilines is 1. The lowest BCUT2D eigenvalue weighted by Crippen LogP contribution is -2.35. The highest BCUT2D eigenvalue weighted by Crippen LogP contribution is 2.29. The molecule has 1 fully saturated rings. The number of pyridine rings is 2. The largest absolute Gasteiger partial charge is 0.490 e. The summed E-state index contributed by atoms with van der Waals surface area (Å²) in [6.07, 6.45) is 6.43. The number of likely N-dealkylation sites (tertiary alicyclic amines) is 1. The Kier molecular flexibility index (Phi) is 6.74. The van der Waals surface area contributed by atoms with E-state index in [1.165, 1.54) is 0 Å². The molecule has 0 aliphatic carbocycles. The zero-order valence-corrected chi connectivity index (χ0v) is 22.6. The normalized spacial score (nSPS) is 14.7. The second-order valence-corrected chi connectivity index (χ2v) is 10.2. The third-order valence-electron chi connectivity index (χ3n) is 7.38. The number of hydrogen-bond donors (Lipinski definition) is 1. The summed E-state index contributed by atoms with van der Waals surface area (Å²) in [5.41, 5.74) is 5.68. The van der Waals surface area contributed by atoms with Crippen molar-refractivity contribution in [3.05, 3.63) is 83.7 Å². The van der Waals surface area contributed by atoms with Gasteiger partial charge in [0.2, 0.25) is 0 Å². The van der Waals surface area contributed by atoms with Gasteiger partial charge in [0, 0.05) is 36.4 Å². The van der Waals surface area contributed by atoms with Crippen LogP contribution in [0.4, 0.5) is 5.69 Å². The van der Waals surface area contributed by atoms with E-state index in [2.05, 4.69) is 34.2 Å². The molecule has 0 spiro atoms. The van der Waals surface area contributed by atoms with E-state index in [4.69, 9.17) is 9.84 Å². The first-order chi connectivity index (χ1) is 19.0. The summed E-state index contributed by atoms with van der Waals surface area (Å²) in [6, 6.07) is 15.7. The molecular formula is C30H33N7O2. The van der Waals surface area contributed by atoms with Gasteiger partial charge in [0.05, 0.1) is 35.3 Å². The number of hydrogen-bond acceptors (Lipinski definition) is 6. The van der Waals surface area contributed by atoms with E-state index in [0.29, 0.717) is 17.9 Å². The van der Waals surface area contributed by atoms with Crippen LogP contribution < -0.4 is 10.1 Å². The number of aryl methyl sites for hydroxylation is 2. The lowest BCUT2D eigenvalue weighted by molar-refractivity contribution is 0.102. The van der Waals surface area contributed by atoms with Crippen LogP contribution in [0.5, 0.6) is 5.75 Å². The number of carbonyl (C=O) groups excluding carboxylic acids is 1. The van der Waals surface area contributed by atoms with Crippen molar-refractivity contribution in [2.75, 3.05) is 25.5 Å². The van der Waals surface area contributed by atoms with Crippen molar-refractivity contribution in [2.45, 2.75) is 45.8 Å². The highest BCUT2D eigenvalue weighted by Gasteiger charge is 2.20. The van der Waals surface area contributed by atoms with Gasteiger partial charge < -0.3 is 15.0 Å². The first-order valence-electron chi connectivity index (χ1n) is 13.5. The number of carbonyl (C=O) groups is 1. The van der Waals surface area contributed by atoms with E-state index in [-0.39, 0.29) is 12.0 Å². The molecule has 1 amide bonds. The van der Waals surface area contributed by atoms with Crippen LogP contribution in [-0.4, -0.2) is 61.2 Å². The minimum absolute atomic E-state index is 0.206. The number of nitrogens with one attached hydrogen (secondary N) is 1. The maximum atomic E-state index is 13.5. The second kappa shape index (κ2) is 10.5. The minimum atomic E-state index is -0.228. The fourth-order valence-electron chi connectivity index (χ4n) is 5.31. The van der Waals surface area contributed by atoms with E-state index in [9.17, 15) is 4.79 Å². The molecule has 1 saturated heterocycles. The van der Waals surface area contributed by atoms with Crippen LogP contribution in [0.15, 0.2) is 60.9 Å². The average Bonchev–Trinajstić information content (AvgIpc) is 3.52. The Balaban J connectivity index is 1.25. The van der Waals surface area contributed by atoms with E-state index >= 15 is 0 Å². The Hall–Kier alpha value is -4.24. The van der Waals surface area contributed by atoms with Gasteiger partial charge in [-0.1, -0.05) is 19.1 Å². The van der Waals surface area contributed by atoms with Crippen molar-refractivity contribution in [3.63, 3.8) is 0 Å². The summed E-state index contributed by atoms with van der Waals surface area (Å²) in [6.45, 7) is 6.69. The predicted molar refractivity (Wildman–Crippen MR) is 151 cm³/mol. The minimum Gasteiger partial charge on any atom is -0.490 e.